The maximum atomic E-state index is 12.2. The van der Waals surface area contributed by atoms with Gasteiger partial charge in [0.15, 0.2) is 0 Å². The summed E-state index contributed by atoms with van der Waals surface area (Å²) in [5, 5.41) is 14.4. The van der Waals surface area contributed by atoms with Crippen LogP contribution >= 0.6 is 0 Å². The summed E-state index contributed by atoms with van der Waals surface area (Å²) in [4.78, 5) is 34.6. The molecule has 0 bridgehead atoms. The summed E-state index contributed by atoms with van der Waals surface area (Å²) < 4.78 is 0. The van der Waals surface area contributed by atoms with E-state index in [0.717, 1.165) is 12.0 Å². The zero-order chi connectivity index (χ0) is 18.2. The van der Waals surface area contributed by atoms with E-state index in [0.29, 0.717) is 24.2 Å². The summed E-state index contributed by atoms with van der Waals surface area (Å²) in [6.45, 7) is 2.36. The van der Waals surface area contributed by atoms with E-state index in [1.54, 1.807) is 36.4 Å². The quantitative estimate of drug-likeness (QED) is 0.722. The number of hydrogen-bond donors (Lipinski definition) is 3. The Morgan fingerprint density at radius 2 is 1.72 bits per heavy atom. The van der Waals surface area contributed by atoms with Gasteiger partial charge in [0, 0.05) is 24.2 Å². The topological polar surface area (TPSA) is 95.5 Å². The number of benzene rings is 2. The summed E-state index contributed by atoms with van der Waals surface area (Å²) in [6, 6.07) is 12.9. The van der Waals surface area contributed by atoms with Crippen LogP contribution in [0.4, 0.5) is 5.69 Å². The molecule has 2 amide bonds. The fraction of sp³-hybridized carbons (Fsp3) is 0.211. The Morgan fingerprint density at radius 1 is 1.00 bits per heavy atom. The van der Waals surface area contributed by atoms with Crippen molar-refractivity contribution in [2.45, 2.75) is 26.3 Å². The maximum Gasteiger partial charge on any atom is 0.335 e. The fourth-order valence-electron chi connectivity index (χ4n) is 2.22. The minimum absolute atomic E-state index is 0.00244. The minimum atomic E-state index is -1.05. The summed E-state index contributed by atoms with van der Waals surface area (Å²) in [6.07, 6.45) is 1.30. The Kier molecular flexibility index (Phi) is 6.28. The van der Waals surface area contributed by atoms with Crippen molar-refractivity contribution in [1.82, 2.24) is 5.32 Å². The Bertz CT molecular complexity index is 769. The van der Waals surface area contributed by atoms with Crippen molar-refractivity contribution in [3.05, 3.63) is 65.2 Å². The zero-order valence-electron chi connectivity index (χ0n) is 13.9. The van der Waals surface area contributed by atoms with Crippen molar-refractivity contribution in [1.29, 1.82) is 0 Å². The smallest absolute Gasteiger partial charge is 0.335 e. The average Bonchev–Trinajstić information content (AvgIpc) is 2.61. The number of amides is 2. The minimum Gasteiger partial charge on any atom is -0.478 e. The molecule has 0 aliphatic carbocycles. The van der Waals surface area contributed by atoms with Crippen molar-refractivity contribution in [2.24, 2.45) is 0 Å². The predicted octanol–water partition coefficient (Wildman–Crippen LogP) is 3.05. The van der Waals surface area contributed by atoms with Gasteiger partial charge in [-0.25, -0.2) is 4.79 Å². The molecule has 0 unspecified atom stereocenters. The van der Waals surface area contributed by atoms with Gasteiger partial charge in [0.25, 0.3) is 5.91 Å². The molecule has 0 spiro atoms. The van der Waals surface area contributed by atoms with Gasteiger partial charge >= 0.3 is 5.97 Å². The predicted molar refractivity (Wildman–Crippen MR) is 94.6 cm³/mol. The molecule has 0 saturated heterocycles. The number of hydrogen-bond acceptors (Lipinski definition) is 3. The van der Waals surface area contributed by atoms with Crippen LogP contribution in [0, 0.1) is 0 Å². The first-order valence-electron chi connectivity index (χ1n) is 8.00. The molecule has 2 aromatic rings. The highest BCUT2D eigenvalue weighted by atomic mass is 16.4. The van der Waals surface area contributed by atoms with Gasteiger partial charge in [-0.15, -0.1) is 0 Å². The lowest BCUT2D eigenvalue weighted by molar-refractivity contribution is -0.121. The zero-order valence-corrected chi connectivity index (χ0v) is 13.9. The van der Waals surface area contributed by atoms with Crippen LogP contribution in [0.5, 0.6) is 0 Å². The molecule has 0 aliphatic heterocycles. The molecule has 6 heteroatoms. The summed E-state index contributed by atoms with van der Waals surface area (Å²) in [7, 11) is 0. The van der Waals surface area contributed by atoms with Crippen molar-refractivity contribution in [3.8, 4) is 0 Å². The van der Waals surface area contributed by atoms with Gasteiger partial charge in [-0.1, -0.05) is 25.1 Å². The van der Waals surface area contributed by atoms with Gasteiger partial charge in [0.2, 0.25) is 5.91 Å². The standard InChI is InChI=1S/C19H20N2O4/c1-2-4-17(22)20-12-13-7-9-14(10-8-13)18(23)21-16-6-3-5-15(11-16)19(24)25/h3,5-11H,2,4,12H2,1H3,(H,20,22)(H,21,23)(H,24,25). The number of carbonyl (C=O) groups is 3. The fourth-order valence-corrected chi connectivity index (χ4v) is 2.22. The third kappa shape index (κ3) is 5.46. The number of nitrogens with one attached hydrogen (secondary N) is 2. The van der Waals surface area contributed by atoms with E-state index in [1.165, 1.54) is 12.1 Å². The first kappa shape index (κ1) is 18.2. The van der Waals surface area contributed by atoms with Crippen LogP contribution in [0.1, 0.15) is 46.0 Å². The largest absolute Gasteiger partial charge is 0.478 e. The third-order valence-electron chi connectivity index (χ3n) is 3.55. The second-order valence-corrected chi connectivity index (χ2v) is 5.56. The molecule has 0 saturated carbocycles. The van der Waals surface area contributed by atoms with Crippen LogP contribution in [0.25, 0.3) is 0 Å². The maximum absolute atomic E-state index is 12.2. The molecule has 25 heavy (non-hydrogen) atoms. The van der Waals surface area contributed by atoms with E-state index in [2.05, 4.69) is 10.6 Å². The molecule has 2 rings (SSSR count). The number of carboxylic acids is 1. The van der Waals surface area contributed by atoms with E-state index in [-0.39, 0.29) is 17.4 Å². The lowest BCUT2D eigenvalue weighted by atomic mass is 10.1. The summed E-state index contributed by atoms with van der Waals surface area (Å²) in [5.74, 6) is -1.38. The second kappa shape index (κ2) is 8.63. The van der Waals surface area contributed by atoms with Crippen LogP contribution in [-0.4, -0.2) is 22.9 Å². The van der Waals surface area contributed by atoms with E-state index < -0.39 is 5.97 Å². The highest BCUT2D eigenvalue weighted by molar-refractivity contribution is 6.04. The van der Waals surface area contributed by atoms with Crippen molar-refractivity contribution < 1.29 is 19.5 Å². The highest BCUT2D eigenvalue weighted by Gasteiger charge is 2.09. The van der Waals surface area contributed by atoms with Crippen LogP contribution in [-0.2, 0) is 11.3 Å². The van der Waals surface area contributed by atoms with Crippen molar-refractivity contribution >= 4 is 23.5 Å². The number of aromatic carboxylic acids is 1. The number of rotatable bonds is 7. The van der Waals surface area contributed by atoms with Crippen LogP contribution in [0.2, 0.25) is 0 Å². The van der Waals surface area contributed by atoms with Gasteiger partial charge in [0.1, 0.15) is 0 Å². The Labute approximate surface area is 145 Å². The molecule has 3 N–H and O–H groups in total. The van der Waals surface area contributed by atoms with E-state index in [9.17, 15) is 14.4 Å². The monoisotopic (exact) mass is 340 g/mol. The molecule has 0 aliphatic rings. The summed E-state index contributed by atoms with van der Waals surface area (Å²) >= 11 is 0. The van der Waals surface area contributed by atoms with Gasteiger partial charge in [-0.2, -0.15) is 0 Å². The molecular weight excluding hydrogens is 320 g/mol. The number of anilines is 1. The Morgan fingerprint density at radius 3 is 2.36 bits per heavy atom. The van der Waals surface area contributed by atoms with Crippen LogP contribution < -0.4 is 10.6 Å². The van der Waals surface area contributed by atoms with Crippen molar-refractivity contribution in [2.75, 3.05) is 5.32 Å². The van der Waals surface area contributed by atoms with E-state index >= 15 is 0 Å². The first-order valence-corrected chi connectivity index (χ1v) is 8.00. The van der Waals surface area contributed by atoms with Gasteiger partial charge in [-0.3, -0.25) is 9.59 Å². The van der Waals surface area contributed by atoms with Gasteiger partial charge in [0.05, 0.1) is 5.56 Å². The Balaban J connectivity index is 1.97. The molecular formula is C19H20N2O4. The van der Waals surface area contributed by atoms with E-state index in [1.807, 2.05) is 6.92 Å². The first-order chi connectivity index (χ1) is 12.0. The third-order valence-corrected chi connectivity index (χ3v) is 3.55. The molecule has 2 aromatic carbocycles. The van der Waals surface area contributed by atoms with E-state index in [4.69, 9.17) is 5.11 Å². The summed E-state index contributed by atoms with van der Waals surface area (Å²) in [5.41, 5.74) is 1.87. The molecule has 0 aromatic heterocycles. The lowest BCUT2D eigenvalue weighted by Crippen LogP contribution is -2.22. The molecule has 0 fully saturated rings. The molecule has 130 valence electrons. The van der Waals surface area contributed by atoms with Gasteiger partial charge in [-0.05, 0) is 42.3 Å². The van der Waals surface area contributed by atoms with Crippen LogP contribution in [0.3, 0.4) is 0 Å². The number of carbonyl (C=O) groups excluding carboxylic acids is 2. The normalized spacial score (nSPS) is 10.1. The molecule has 0 atom stereocenters. The van der Waals surface area contributed by atoms with Gasteiger partial charge < -0.3 is 15.7 Å². The number of carboxylic acid groups (broad SMARTS) is 1. The average molecular weight is 340 g/mol. The second-order valence-electron chi connectivity index (χ2n) is 5.56. The van der Waals surface area contributed by atoms with Crippen LogP contribution in [0.15, 0.2) is 48.5 Å². The molecule has 6 nitrogen and oxygen atoms in total. The van der Waals surface area contributed by atoms with Crippen molar-refractivity contribution in [3.63, 3.8) is 0 Å². The molecule has 0 heterocycles. The Hall–Kier alpha value is -3.15. The molecule has 0 radical (unpaired) electrons. The lowest BCUT2D eigenvalue weighted by Gasteiger charge is -2.08. The SMILES string of the molecule is CCCC(=O)NCc1ccc(C(=O)Nc2cccc(C(=O)O)c2)cc1. The highest BCUT2D eigenvalue weighted by Crippen LogP contribution is 2.13.